The molecule has 85 heavy (non-hydrogen) atoms. The molecule has 0 radical (unpaired) electrons. The first-order chi connectivity index (χ1) is 41.6. The van der Waals surface area contributed by atoms with Gasteiger partial charge in [-0.15, -0.1) is 0 Å². The summed E-state index contributed by atoms with van der Waals surface area (Å²) in [6.07, 6.45) is 8.42. The molecule has 0 saturated heterocycles. The number of methoxy groups -OCH3 is 2. The van der Waals surface area contributed by atoms with Crippen LogP contribution < -0.4 is 37.9 Å². The van der Waals surface area contributed by atoms with Gasteiger partial charge < -0.3 is 37.9 Å². The molecule has 6 atom stereocenters. The Morgan fingerprint density at radius 1 is 0.388 bits per heavy atom. The lowest BCUT2D eigenvalue weighted by Gasteiger charge is -2.38. The number of hydrogen-bond donors (Lipinski definition) is 0. The largest absolute Gasteiger partial charge is 0.497 e. The molecular formula is C73H56Cl4O8. The van der Waals surface area contributed by atoms with Crippen LogP contribution in [0.25, 0.3) is 11.1 Å². The van der Waals surface area contributed by atoms with Crippen molar-refractivity contribution in [1.29, 1.82) is 0 Å². The molecule has 8 nitrogen and oxygen atoms in total. The summed E-state index contributed by atoms with van der Waals surface area (Å²) in [5.41, 5.74) is 14.7. The molecule has 0 fully saturated rings. The molecule has 4 heterocycles. The Morgan fingerprint density at radius 2 is 0.718 bits per heavy atom. The second-order valence-corrected chi connectivity index (χ2v) is 23.0. The van der Waals surface area contributed by atoms with Crippen LogP contribution in [0.1, 0.15) is 61.9 Å². The Bertz CT molecular complexity index is 3690. The van der Waals surface area contributed by atoms with E-state index in [-0.39, 0.29) is 49.5 Å². The number of allylic oxidation sites excluding steroid dienone is 2. The summed E-state index contributed by atoms with van der Waals surface area (Å²) in [7, 11) is 3.36. The van der Waals surface area contributed by atoms with E-state index < -0.39 is 0 Å². The van der Waals surface area contributed by atoms with Crippen molar-refractivity contribution >= 4 is 57.5 Å². The fourth-order valence-electron chi connectivity index (χ4n) is 12.3. The lowest BCUT2D eigenvalue weighted by molar-refractivity contribution is 0.169. The number of aryl methyl sites for hydroxylation is 1. The van der Waals surface area contributed by atoms with Crippen LogP contribution in [-0.2, 0) is 0 Å². The molecule has 0 amide bonds. The standard InChI is InChI=1S/2C33H24Cl2O4.C7H8/c2*1-36-24-12-6-21(7-13-24)32-26-16-29-30(38-18-37-29)17-28(26)39-27-15-14-25(33(27)32)31(19-2-8-22(34)9-3-19)20-4-10-23(35)11-5-20;1-7-5-3-2-4-6-7/h2*2-17,27,32-33H,18H2,1H3;2-6H,1H3/t2*27-,32-,33+;/m11./s1. The third-order valence-electron chi connectivity index (χ3n) is 16.3. The van der Waals surface area contributed by atoms with Crippen LogP contribution in [0.2, 0.25) is 20.1 Å². The van der Waals surface area contributed by atoms with Crippen LogP contribution in [0.3, 0.4) is 0 Å². The minimum absolute atomic E-state index is 0.00115. The van der Waals surface area contributed by atoms with Crippen molar-refractivity contribution in [2.24, 2.45) is 11.8 Å². The molecule has 6 aliphatic rings. The Labute approximate surface area is 514 Å². The van der Waals surface area contributed by atoms with Gasteiger partial charge in [-0.2, -0.15) is 0 Å². The van der Waals surface area contributed by atoms with Gasteiger partial charge in [0.2, 0.25) is 13.6 Å². The van der Waals surface area contributed by atoms with Crippen molar-refractivity contribution in [3.63, 3.8) is 0 Å². The SMILES string of the molecule is COc1ccc([C@@H]2c3cc4c(cc3O[C@@H]3C=CC(=C(c5ccc(Cl)cc5)c5ccc(Cl)cc5)[C@H]23)OCO4)cc1.COc1ccc([C@@H]2c3cc4c(cc3O[C@@H]3C=CC(=C(c5ccc(Cl)cc5)c5ccc(Cl)cc5)[C@H]23)OCO4)cc1.Cc1ccccc1. The predicted molar refractivity (Wildman–Crippen MR) is 338 cm³/mol. The first kappa shape index (κ1) is 55.7. The summed E-state index contributed by atoms with van der Waals surface area (Å²) in [5.74, 6) is 6.16. The second-order valence-electron chi connectivity index (χ2n) is 21.3. The van der Waals surface area contributed by atoms with Crippen LogP contribution in [0.4, 0.5) is 0 Å². The molecule has 9 aromatic carbocycles. The molecule has 0 aromatic heterocycles. The number of halogens is 4. The van der Waals surface area contributed by atoms with Crippen molar-refractivity contribution in [2.75, 3.05) is 27.8 Å². The Kier molecular flexibility index (Phi) is 15.9. The Hall–Kier alpha value is -8.50. The maximum atomic E-state index is 6.64. The molecular weight excluding hydrogens is 1150 g/mol. The van der Waals surface area contributed by atoms with Gasteiger partial charge in [-0.05, 0) is 160 Å². The number of hydrogen-bond acceptors (Lipinski definition) is 8. The van der Waals surface area contributed by atoms with Gasteiger partial charge in [-0.3, -0.25) is 0 Å². The highest BCUT2D eigenvalue weighted by Gasteiger charge is 2.46. The van der Waals surface area contributed by atoms with E-state index in [0.717, 1.165) is 79.0 Å². The molecule has 0 bridgehead atoms. The average molecular weight is 1200 g/mol. The molecule has 0 spiro atoms. The van der Waals surface area contributed by atoms with Gasteiger partial charge >= 0.3 is 0 Å². The van der Waals surface area contributed by atoms with Gasteiger partial charge in [-0.25, -0.2) is 0 Å². The number of rotatable bonds is 8. The van der Waals surface area contributed by atoms with E-state index in [9.17, 15) is 0 Å². The first-order valence-corrected chi connectivity index (χ1v) is 29.5. The van der Waals surface area contributed by atoms with Gasteiger partial charge in [0, 0.05) is 67.0 Å². The van der Waals surface area contributed by atoms with Crippen LogP contribution in [0, 0.1) is 18.8 Å². The second kappa shape index (κ2) is 24.2. The quantitative estimate of drug-likeness (QED) is 0.149. The Balaban J connectivity index is 0.000000142. The van der Waals surface area contributed by atoms with Crippen LogP contribution in [0.5, 0.6) is 46.0 Å². The predicted octanol–water partition coefficient (Wildman–Crippen LogP) is 18.6. The Morgan fingerprint density at radius 3 is 1.02 bits per heavy atom. The average Bonchev–Trinajstić information content (AvgIpc) is 1.96. The minimum Gasteiger partial charge on any atom is -0.497 e. The van der Waals surface area contributed by atoms with E-state index in [1.165, 1.54) is 27.8 Å². The third-order valence-corrected chi connectivity index (χ3v) is 17.3. The molecule has 9 aromatic rings. The summed E-state index contributed by atoms with van der Waals surface area (Å²) < 4.78 is 47.1. The van der Waals surface area contributed by atoms with Gasteiger partial charge in [-0.1, -0.05) is 167 Å². The van der Waals surface area contributed by atoms with E-state index in [0.29, 0.717) is 31.6 Å². The molecule has 0 N–H and O–H groups in total. The first-order valence-electron chi connectivity index (χ1n) is 28.0. The van der Waals surface area contributed by atoms with Crippen LogP contribution in [0.15, 0.2) is 236 Å². The van der Waals surface area contributed by atoms with Crippen molar-refractivity contribution in [3.05, 3.63) is 306 Å². The zero-order valence-corrected chi connectivity index (χ0v) is 49.5. The van der Waals surface area contributed by atoms with E-state index in [2.05, 4.69) is 128 Å². The third kappa shape index (κ3) is 11.4. The monoisotopic (exact) mass is 1200 g/mol. The number of fused-ring (bicyclic) bond motifs is 6. The fourth-order valence-corrected chi connectivity index (χ4v) is 12.8. The van der Waals surface area contributed by atoms with Crippen molar-refractivity contribution in [3.8, 4) is 46.0 Å². The van der Waals surface area contributed by atoms with Gasteiger partial charge in [0.1, 0.15) is 35.2 Å². The fraction of sp³-hybridized carbons (Fsp3) is 0.151. The summed E-state index contributed by atoms with van der Waals surface area (Å²) in [6, 6.07) is 66.9. The molecule has 4 aliphatic heterocycles. The summed E-state index contributed by atoms with van der Waals surface area (Å²) in [5, 5.41) is 2.78. The zero-order valence-electron chi connectivity index (χ0n) is 46.5. The molecule has 2 aliphatic carbocycles. The van der Waals surface area contributed by atoms with Crippen molar-refractivity contribution in [1.82, 2.24) is 0 Å². The molecule has 0 saturated carbocycles. The maximum Gasteiger partial charge on any atom is 0.231 e. The topological polar surface area (TPSA) is 73.8 Å². The molecule has 424 valence electrons. The maximum absolute atomic E-state index is 6.64. The lowest BCUT2D eigenvalue weighted by atomic mass is 9.72. The molecule has 15 rings (SSSR count). The van der Waals surface area contributed by atoms with Crippen LogP contribution in [-0.4, -0.2) is 40.0 Å². The lowest BCUT2D eigenvalue weighted by Crippen LogP contribution is -2.34. The minimum atomic E-state index is -0.158. The number of benzene rings is 9. The van der Waals surface area contributed by atoms with Crippen molar-refractivity contribution < 1.29 is 37.9 Å². The normalized spacial score (nSPS) is 19.3. The zero-order chi connectivity index (χ0) is 58.1. The highest BCUT2D eigenvalue weighted by molar-refractivity contribution is 6.31. The van der Waals surface area contributed by atoms with E-state index >= 15 is 0 Å². The van der Waals surface area contributed by atoms with Gasteiger partial charge in [0.05, 0.1) is 14.2 Å². The highest BCUT2D eigenvalue weighted by Crippen LogP contribution is 2.57. The van der Waals surface area contributed by atoms with Gasteiger partial charge in [0.15, 0.2) is 23.0 Å². The van der Waals surface area contributed by atoms with Crippen LogP contribution >= 0.6 is 46.4 Å². The number of ether oxygens (including phenoxy) is 8. The summed E-state index contributed by atoms with van der Waals surface area (Å²) >= 11 is 25.1. The summed E-state index contributed by atoms with van der Waals surface area (Å²) in [4.78, 5) is 0. The van der Waals surface area contributed by atoms with E-state index in [1.807, 2.05) is 103 Å². The highest BCUT2D eigenvalue weighted by atomic mass is 35.5. The van der Waals surface area contributed by atoms with Crippen molar-refractivity contribution in [2.45, 2.75) is 31.0 Å². The summed E-state index contributed by atoms with van der Waals surface area (Å²) in [6.45, 7) is 2.50. The van der Waals surface area contributed by atoms with Gasteiger partial charge in [0.25, 0.3) is 0 Å². The van der Waals surface area contributed by atoms with E-state index in [1.54, 1.807) is 14.2 Å². The smallest absolute Gasteiger partial charge is 0.231 e. The molecule has 12 heteroatoms. The van der Waals surface area contributed by atoms with E-state index in [4.69, 9.17) is 84.3 Å². The molecule has 0 unspecified atom stereocenters.